The van der Waals surface area contributed by atoms with Gasteiger partial charge in [-0.25, -0.2) is 9.59 Å². The van der Waals surface area contributed by atoms with Crippen LogP contribution in [0.15, 0.2) is 71.2 Å². The highest BCUT2D eigenvalue weighted by molar-refractivity contribution is 6.09. The number of allylic oxidation sites excluding steroid dienone is 3. The molecule has 3 aliphatic heterocycles. The summed E-state index contributed by atoms with van der Waals surface area (Å²) in [6.45, 7) is 5.20. The third-order valence-electron chi connectivity index (χ3n) is 9.49. The van der Waals surface area contributed by atoms with Crippen LogP contribution in [0.5, 0.6) is 17.2 Å². The Morgan fingerprint density at radius 1 is 1.00 bits per heavy atom. The lowest BCUT2D eigenvalue weighted by Gasteiger charge is -2.44. The number of ether oxygens (including phenoxy) is 8. The van der Waals surface area contributed by atoms with E-state index in [-0.39, 0.29) is 37.3 Å². The van der Waals surface area contributed by atoms with E-state index < -0.39 is 46.9 Å². The number of epoxide rings is 1. The summed E-state index contributed by atoms with van der Waals surface area (Å²) in [5.41, 5.74) is -0.736. The largest absolute Gasteiger partial charge is 0.493 e. The van der Waals surface area contributed by atoms with Gasteiger partial charge in [0.25, 0.3) is 0 Å². The summed E-state index contributed by atoms with van der Waals surface area (Å²) in [6.07, 6.45) is 1.24. The van der Waals surface area contributed by atoms with Gasteiger partial charge in [-0.2, -0.15) is 0 Å². The molecular formula is C34H32O11. The molecule has 1 saturated heterocycles. The first-order valence-corrected chi connectivity index (χ1v) is 14.6. The molecule has 11 nitrogen and oxygen atoms in total. The predicted octanol–water partition coefficient (Wildman–Crippen LogP) is 4.25. The van der Waals surface area contributed by atoms with Crippen LogP contribution in [0.3, 0.4) is 0 Å². The average molecular weight is 617 g/mol. The van der Waals surface area contributed by atoms with Crippen LogP contribution in [0.1, 0.15) is 48.4 Å². The summed E-state index contributed by atoms with van der Waals surface area (Å²) in [5, 5.41) is 0. The van der Waals surface area contributed by atoms with Crippen molar-refractivity contribution < 1.29 is 52.3 Å². The molecule has 234 valence electrons. The van der Waals surface area contributed by atoms with E-state index in [9.17, 15) is 14.4 Å². The van der Waals surface area contributed by atoms with Crippen molar-refractivity contribution in [3.63, 3.8) is 0 Å². The molecule has 0 bridgehead atoms. The molecule has 0 N–H and O–H groups in total. The number of hydrogen-bond acceptors (Lipinski definition) is 11. The molecule has 2 aliphatic carbocycles. The fraction of sp³-hybridized carbons (Fsp3) is 0.382. The summed E-state index contributed by atoms with van der Waals surface area (Å²) in [7, 11) is 2.81. The number of fused-ring (bicyclic) bond motifs is 2. The van der Waals surface area contributed by atoms with Gasteiger partial charge >= 0.3 is 11.9 Å². The van der Waals surface area contributed by atoms with Crippen molar-refractivity contribution in [2.75, 3.05) is 34.2 Å². The third-order valence-corrected chi connectivity index (χ3v) is 9.49. The van der Waals surface area contributed by atoms with Gasteiger partial charge in [-0.3, -0.25) is 4.79 Å². The second-order valence-corrected chi connectivity index (χ2v) is 11.6. The van der Waals surface area contributed by atoms with E-state index in [1.807, 2.05) is 6.92 Å². The normalized spacial score (nSPS) is 29.1. The molecule has 2 aromatic rings. The van der Waals surface area contributed by atoms with Crippen molar-refractivity contribution in [3.8, 4) is 17.2 Å². The third kappa shape index (κ3) is 4.03. The number of carbonyl (C=O) groups excluding carboxylic acids is 3. The zero-order chi connectivity index (χ0) is 31.7. The number of methoxy groups -OCH3 is 2. The van der Waals surface area contributed by atoms with Crippen LogP contribution >= 0.6 is 0 Å². The SMILES string of the molecule is C/C=C(/C)C(=O)O[C@H]1c2cc3c(c4c2[C@@]2(CO4)C(=O)C(OC)=C(OC)C=C2[C@@H](OC(=O)c2ccccc2)[C@@]2(CO2)[C@H]1C)OCO3. The van der Waals surface area contributed by atoms with Crippen LogP contribution in [0.4, 0.5) is 0 Å². The van der Waals surface area contributed by atoms with Crippen LogP contribution in [0, 0.1) is 5.92 Å². The topological polar surface area (TPSA) is 128 Å². The minimum atomic E-state index is -1.58. The Balaban J connectivity index is 1.52. The number of rotatable bonds is 6. The van der Waals surface area contributed by atoms with Crippen LogP contribution in [-0.4, -0.2) is 63.7 Å². The number of esters is 2. The van der Waals surface area contributed by atoms with E-state index >= 15 is 0 Å². The Morgan fingerprint density at radius 3 is 2.42 bits per heavy atom. The molecular weight excluding hydrogens is 584 g/mol. The first kappa shape index (κ1) is 29.0. The van der Waals surface area contributed by atoms with Gasteiger partial charge in [-0.1, -0.05) is 31.2 Å². The number of Topliss-reactive ketones (excluding diaryl/α,β-unsaturated/α-hetero) is 1. The lowest BCUT2D eigenvalue weighted by atomic mass is 9.60. The lowest BCUT2D eigenvalue weighted by molar-refractivity contribution is -0.150. The monoisotopic (exact) mass is 616 g/mol. The summed E-state index contributed by atoms with van der Waals surface area (Å²) in [5.74, 6) is -1.09. The minimum Gasteiger partial charge on any atom is -0.493 e. The van der Waals surface area contributed by atoms with Crippen molar-refractivity contribution in [1.82, 2.24) is 0 Å². The zero-order valence-corrected chi connectivity index (χ0v) is 25.5. The molecule has 5 aliphatic rings. The number of hydrogen-bond donors (Lipinski definition) is 0. The highest BCUT2D eigenvalue weighted by Crippen LogP contribution is 2.64. The molecule has 11 heteroatoms. The highest BCUT2D eigenvalue weighted by atomic mass is 16.7. The molecule has 5 atom stereocenters. The number of carbonyl (C=O) groups is 3. The van der Waals surface area contributed by atoms with Crippen molar-refractivity contribution >= 4 is 17.7 Å². The van der Waals surface area contributed by atoms with Crippen LogP contribution in [0.2, 0.25) is 0 Å². The Hall–Kier alpha value is -4.77. The molecule has 7 rings (SSSR count). The molecule has 0 saturated carbocycles. The van der Waals surface area contributed by atoms with Crippen LogP contribution < -0.4 is 14.2 Å². The molecule has 45 heavy (non-hydrogen) atoms. The number of benzene rings is 2. The molecule has 0 radical (unpaired) electrons. The molecule has 0 amide bonds. The first-order chi connectivity index (χ1) is 21.7. The second-order valence-electron chi connectivity index (χ2n) is 11.6. The van der Waals surface area contributed by atoms with Crippen molar-refractivity contribution in [1.29, 1.82) is 0 Å². The van der Waals surface area contributed by atoms with Crippen molar-refractivity contribution in [2.45, 2.75) is 44.0 Å². The molecule has 0 unspecified atom stereocenters. The maximum absolute atomic E-state index is 14.8. The standard InChI is InChI=1S/C34H32O11/c1-6-17(2)31(36)44-25-18(3)34(15-43-34)30(45-32(37)19-10-8-7-9-11-19)21-13-22(38-4)27(39-5)29(35)33(21)14-40-28-24(33)20(25)12-23-26(28)42-16-41-23/h6-13,18,25,30H,14-16H2,1-5H3/b17-6-/t18-,25+,30+,33-,34+/m0/s1. The van der Waals surface area contributed by atoms with Gasteiger partial charge in [0.2, 0.25) is 24.1 Å². The smallest absolute Gasteiger partial charge is 0.338 e. The van der Waals surface area contributed by atoms with Crippen LogP contribution in [0.25, 0.3) is 0 Å². The quantitative estimate of drug-likeness (QED) is 0.262. The van der Waals surface area contributed by atoms with Gasteiger partial charge in [0.05, 0.1) is 26.4 Å². The summed E-state index contributed by atoms with van der Waals surface area (Å²) in [6, 6.07) is 10.3. The molecule has 2 spiro atoms. The molecule has 2 aromatic carbocycles. The summed E-state index contributed by atoms with van der Waals surface area (Å²) >= 11 is 0. The van der Waals surface area contributed by atoms with Gasteiger partial charge in [-0.05, 0) is 43.7 Å². The van der Waals surface area contributed by atoms with Crippen molar-refractivity contribution in [2.24, 2.45) is 5.92 Å². The molecule has 1 fully saturated rings. The number of ketones is 1. The Kier molecular flexibility index (Phi) is 6.70. The van der Waals surface area contributed by atoms with Gasteiger partial charge in [0.15, 0.2) is 23.4 Å². The molecule has 0 aromatic heterocycles. The van der Waals surface area contributed by atoms with Gasteiger partial charge in [-0.15, -0.1) is 0 Å². The summed E-state index contributed by atoms with van der Waals surface area (Å²) in [4.78, 5) is 41.9. The van der Waals surface area contributed by atoms with Gasteiger partial charge < -0.3 is 37.9 Å². The van der Waals surface area contributed by atoms with E-state index in [4.69, 9.17) is 37.9 Å². The fourth-order valence-electron chi connectivity index (χ4n) is 6.83. The van der Waals surface area contributed by atoms with Crippen LogP contribution in [-0.2, 0) is 38.7 Å². The van der Waals surface area contributed by atoms with E-state index in [0.29, 0.717) is 39.3 Å². The first-order valence-electron chi connectivity index (χ1n) is 14.6. The Morgan fingerprint density at radius 2 is 1.76 bits per heavy atom. The van der Waals surface area contributed by atoms with Crippen molar-refractivity contribution in [3.05, 3.63) is 87.9 Å². The highest BCUT2D eigenvalue weighted by Gasteiger charge is 2.70. The Bertz CT molecular complexity index is 1710. The average Bonchev–Trinajstić information content (AvgIpc) is 3.56. The minimum absolute atomic E-state index is 0.0351. The zero-order valence-electron chi connectivity index (χ0n) is 25.5. The predicted molar refractivity (Wildman–Crippen MR) is 156 cm³/mol. The maximum Gasteiger partial charge on any atom is 0.338 e. The second kappa shape index (κ2) is 10.4. The van der Waals surface area contributed by atoms with Gasteiger partial charge in [0.1, 0.15) is 23.7 Å². The van der Waals surface area contributed by atoms with E-state index in [0.717, 1.165) is 0 Å². The Labute approximate surface area is 259 Å². The van der Waals surface area contributed by atoms with Gasteiger partial charge in [0, 0.05) is 22.6 Å². The fourth-order valence-corrected chi connectivity index (χ4v) is 6.83. The summed E-state index contributed by atoms with van der Waals surface area (Å²) < 4.78 is 48.0. The maximum atomic E-state index is 14.8. The lowest BCUT2D eigenvalue weighted by Crippen LogP contribution is -2.55. The van der Waals surface area contributed by atoms with E-state index in [1.165, 1.54) is 14.2 Å². The van der Waals surface area contributed by atoms with E-state index in [2.05, 4.69) is 0 Å². The molecule has 3 heterocycles. The van der Waals surface area contributed by atoms with E-state index in [1.54, 1.807) is 62.4 Å².